The van der Waals surface area contributed by atoms with E-state index in [4.69, 9.17) is 14.0 Å². The lowest BCUT2D eigenvalue weighted by Gasteiger charge is -2.16. The first-order valence-electron chi connectivity index (χ1n) is 9.97. The maximum atomic E-state index is 12.2. The Kier molecular flexibility index (Phi) is 6.99. The third kappa shape index (κ3) is 6.30. The topological polar surface area (TPSA) is 125 Å². The molecule has 2 aromatic rings. The molecule has 1 N–H and O–H groups in total. The van der Waals surface area contributed by atoms with E-state index in [9.17, 15) is 18.0 Å². The summed E-state index contributed by atoms with van der Waals surface area (Å²) in [5.74, 6) is 0.277. The van der Waals surface area contributed by atoms with Gasteiger partial charge >= 0.3 is 5.97 Å². The molecular weight excluding hydrogens is 424 g/mol. The van der Waals surface area contributed by atoms with Crippen LogP contribution >= 0.6 is 0 Å². The van der Waals surface area contributed by atoms with Gasteiger partial charge in [-0.2, -0.15) is 0 Å². The van der Waals surface area contributed by atoms with Crippen LogP contribution in [0.1, 0.15) is 35.9 Å². The molecule has 0 bridgehead atoms. The standard InChI is InChI=1S/C21H26N2O7S/c1-13-19(14(2)30-23-13)11-28-18-6-4-16(5-7-18)10-20(24)29-15(3)21(25)22-17-8-9-31(26,27)12-17/h4-7,15,17H,8-12H2,1-3H3,(H,22,25)/t15-,17-/m0/s1. The number of esters is 1. The fourth-order valence-corrected chi connectivity index (χ4v) is 4.93. The van der Waals surface area contributed by atoms with Crippen LogP contribution in [0.5, 0.6) is 5.75 Å². The van der Waals surface area contributed by atoms with E-state index in [-0.39, 0.29) is 17.9 Å². The molecule has 1 saturated heterocycles. The van der Waals surface area contributed by atoms with Gasteiger partial charge in [0.1, 0.15) is 18.1 Å². The second kappa shape index (κ2) is 9.51. The lowest BCUT2D eigenvalue weighted by atomic mass is 10.1. The molecule has 31 heavy (non-hydrogen) atoms. The zero-order chi connectivity index (χ0) is 22.6. The molecule has 0 saturated carbocycles. The Hall–Kier alpha value is -2.88. The predicted octanol–water partition coefficient (Wildman–Crippen LogP) is 1.65. The zero-order valence-corrected chi connectivity index (χ0v) is 18.5. The van der Waals surface area contributed by atoms with Crippen molar-refractivity contribution in [2.24, 2.45) is 0 Å². The number of hydrogen-bond donors (Lipinski definition) is 1. The van der Waals surface area contributed by atoms with Gasteiger partial charge in [0, 0.05) is 6.04 Å². The van der Waals surface area contributed by atoms with Crippen molar-refractivity contribution in [3.05, 3.63) is 46.8 Å². The van der Waals surface area contributed by atoms with Crippen LogP contribution < -0.4 is 10.1 Å². The monoisotopic (exact) mass is 450 g/mol. The highest BCUT2D eigenvalue weighted by Crippen LogP contribution is 2.18. The summed E-state index contributed by atoms with van der Waals surface area (Å²) in [6.45, 7) is 5.46. The van der Waals surface area contributed by atoms with Crippen molar-refractivity contribution in [1.29, 1.82) is 0 Å². The number of benzene rings is 1. The fraction of sp³-hybridized carbons (Fsp3) is 0.476. The molecule has 1 fully saturated rings. The third-order valence-corrected chi connectivity index (χ3v) is 6.86. The van der Waals surface area contributed by atoms with E-state index in [1.807, 2.05) is 13.8 Å². The van der Waals surface area contributed by atoms with Crippen LogP contribution in [0.25, 0.3) is 0 Å². The number of rotatable bonds is 8. The van der Waals surface area contributed by atoms with E-state index < -0.39 is 33.9 Å². The number of sulfone groups is 1. The molecule has 9 nitrogen and oxygen atoms in total. The number of carbonyl (C=O) groups is 2. The van der Waals surface area contributed by atoms with Crippen molar-refractivity contribution in [2.75, 3.05) is 11.5 Å². The maximum absolute atomic E-state index is 12.2. The van der Waals surface area contributed by atoms with Crippen molar-refractivity contribution in [3.8, 4) is 5.75 Å². The summed E-state index contributed by atoms with van der Waals surface area (Å²) in [4.78, 5) is 24.3. The molecule has 0 spiro atoms. The lowest BCUT2D eigenvalue weighted by molar-refractivity contribution is -0.154. The van der Waals surface area contributed by atoms with Crippen LogP contribution in [0.2, 0.25) is 0 Å². The molecule has 2 atom stereocenters. The predicted molar refractivity (Wildman–Crippen MR) is 111 cm³/mol. The quantitative estimate of drug-likeness (QED) is 0.602. The minimum atomic E-state index is -3.10. The first-order chi connectivity index (χ1) is 14.6. The van der Waals surface area contributed by atoms with E-state index >= 15 is 0 Å². The van der Waals surface area contributed by atoms with E-state index in [1.165, 1.54) is 6.92 Å². The normalized spacial score (nSPS) is 18.4. The highest BCUT2D eigenvalue weighted by Gasteiger charge is 2.30. The Morgan fingerprint density at radius 1 is 1.26 bits per heavy atom. The largest absolute Gasteiger partial charge is 0.489 e. The third-order valence-electron chi connectivity index (χ3n) is 5.09. The van der Waals surface area contributed by atoms with Gasteiger partial charge in [-0.25, -0.2) is 8.42 Å². The van der Waals surface area contributed by atoms with E-state index in [2.05, 4.69) is 10.5 Å². The highest BCUT2D eigenvalue weighted by atomic mass is 32.2. The molecule has 1 aliphatic heterocycles. The number of aryl methyl sites for hydroxylation is 2. The summed E-state index contributed by atoms with van der Waals surface area (Å²) in [5, 5.41) is 6.51. The molecule has 1 aromatic carbocycles. The SMILES string of the molecule is Cc1noc(C)c1COc1ccc(CC(=O)O[C@@H](C)C(=O)N[C@H]2CCS(=O)(=O)C2)cc1. The minimum Gasteiger partial charge on any atom is -0.489 e. The Balaban J connectivity index is 1.45. The smallest absolute Gasteiger partial charge is 0.311 e. The van der Waals surface area contributed by atoms with Crippen molar-refractivity contribution in [3.63, 3.8) is 0 Å². The van der Waals surface area contributed by atoms with Crippen molar-refractivity contribution in [1.82, 2.24) is 10.5 Å². The van der Waals surface area contributed by atoms with E-state index in [0.29, 0.717) is 30.1 Å². The van der Waals surface area contributed by atoms with Gasteiger partial charge < -0.3 is 19.3 Å². The Morgan fingerprint density at radius 2 is 1.97 bits per heavy atom. The number of nitrogens with zero attached hydrogens (tertiary/aromatic N) is 1. The van der Waals surface area contributed by atoms with Crippen LogP contribution in [0, 0.1) is 13.8 Å². The Labute approximate surface area is 181 Å². The van der Waals surface area contributed by atoms with Gasteiger partial charge in [-0.05, 0) is 44.9 Å². The maximum Gasteiger partial charge on any atom is 0.311 e. The fourth-order valence-electron chi connectivity index (χ4n) is 3.25. The van der Waals surface area contributed by atoms with Gasteiger partial charge in [0.2, 0.25) is 0 Å². The van der Waals surface area contributed by atoms with Gasteiger partial charge in [-0.3, -0.25) is 9.59 Å². The molecule has 1 aromatic heterocycles. The Bertz CT molecular complexity index is 1020. The second-order valence-corrected chi connectivity index (χ2v) is 9.88. The van der Waals surface area contributed by atoms with Crippen molar-refractivity contribution in [2.45, 2.75) is 52.4 Å². The van der Waals surface area contributed by atoms with E-state index in [1.54, 1.807) is 24.3 Å². The molecule has 3 rings (SSSR count). The summed E-state index contributed by atoms with van der Waals surface area (Å²) in [6, 6.07) is 6.56. The zero-order valence-electron chi connectivity index (χ0n) is 17.7. The number of carbonyl (C=O) groups excluding carboxylic acids is 2. The summed E-state index contributed by atoms with van der Waals surface area (Å²) in [6.07, 6.45) is -0.632. The lowest BCUT2D eigenvalue weighted by Crippen LogP contribution is -2.42. The number of nitrogens with one attached hydrogen (secondary N) is 1. The Morgan fingerprint density at radius 3 is 2.55 bits per heavy atom. The second-order valence-electron chi connectivity index (χ2n) is 7.65. The van der Waals surface area contributed by atoms with Crippen LogP contribution in [0.3, 0.4) is 0 Å². The van der Waals surface area contributed by atoms with Crippen molar-refractivity contribution >= 4 is 21.7 Å². The summed E-state index contributed by atoms with van der Waals surface area (Å²) < 4.78 is 39.0. The van der Waals surface area contributed by atoms with Gasteiger partial charge in [0.15, 0.2) is 15.9 Å². The number of aromatic nitrogens is 1. The minimum absolute atomic E-state index is 0.000422. The summed E-state index contributed by atoms with van der Waals surface area (Å²) >= 11 is 0. The molecule has 0 unspecified atom stereocenters. The van der Waals surface area contributed by atoms with Gasteiger partial charge in [0.25, 0.3) is 5.91 Å². The molecule has 10 heteroatoms. The average Bonchev–Trinajstić information content (AvgIpc) is 3.21. The average molecular weight is 451 g/mol. The first-order valence-corrected chi connectivity index (χ1v) is 11.8. The molecule has 1 amide bonds. The summed E-state index contributed by atoms with van der Waals surface area (Å²) in [5.41, 5.74) is 2.39. The van der Waals surface area contributed by atoms with Gasteiger partial charge in [-0.1, -0.05) is 17.3 Å². The van der Waals surface area contributed by atoms with Gasteiger partial charge in [0.05, 0.1) is 29.2 Å². The molecule has 2 heterocycles. The van der Waals surface area contributed by atoms with Crippen LogP contribution in [0.15, 0.2) is 28.8 Å². The van der Waals surface area contributed by atoms with Crippen molar-refractivity contribution < 1.29 is 32.0 Å². The number of hydrogen-bond acceptors (Lipinski definition) is 8. The van der Waals surface area contributed by atoms with Crippen LogP contribution in [0.4, 0.5) is 0 Å². The number of ether oxygens (including phenoxy) is 2. The molecular formula is C21H26N2O7S. The molecule has 1 aliphatic rings. The molecule has 0 aliphatic carbocycles. The first kappa shape index (κ1) is 22.8. The van der Waals surface area contributed by atoms with Crippen LogP contribution in [-0.4, -0.2) is 49.1 Å². The van der Waals surface area contributed by atoms with Gasteiger partial charge in [-0.15, -0.1) is 0 Å². The highest BCUT2D eigenvalue weighted by molar-refractivity contribution is 7.91. The molecule has 168 valence electrons. The summed E-state index contributed by atoms with van der Waals surface area (Å²) in [7, 11) is -3.10. The number of amides is 1. The molecule has 0 radical (unpaired) electrons. The van der Waals surface area contributed by atoms with Crippen LogP contribution in [-0.2, 0) is 37.2 Å². The van der Waals surface area contributed by atoms with E-state index in [0.717, 1.165) is 11.3 Å².